The Labute approximate surface area is 154 Å². The Morgan fingerprint density at radius 1 is 1.12 bits per heavy atom. The number of hydrogen-bond acceptors (Lipinski definition) is 3. The molecule has 2 heterocycles. The Balaban J connectivity index is 1.58. The van der Waals surface area contributed by atoms with Crippen LogP contribution in [0.15, 0.2) is 42.5 Å². The maximum atomic E-state index is 14.3. The highest BCUT2D eigenvalue weighted by molar-refractivity contribution is 5.41. The van der Waals surface area contributed by atoms with Crippen molar-refractivity contribution in [3.8, 4) is 5.75 Å². The average molecular weight is 355 g/mol. The normalized spacial score (nSPS) is 28.3. The molecule has 2 atom stereocenters. The predicted molar refractivity (Wildman–Crippen MR) is 99.6 cm³/mol. The first-order valence-corrected chi connectivity index (χ1v) is 9.37. The Hall–Kier alpha value is -1.91. The van der Waals surface area contributed by atoms with Crippen molar-refractivity contribution in [3.05, 3.63) is 65.0 Å². The molecule has 2 saturated heterocycles. The summed E-state index contributed by atoms with van der Waals surface area (Å²) in [4.78, 5) is 2.48. The number of ether oxygens (including phenoxy) is 1. The van der Waals surface area contributed by atoms with Gasteiger partial charge < -0.3 is 9.84 Å². The minimum atomic E-state index is -1.07. The lowest BCUT2D eigenvalue weighted by Crippen LogP contribution is -2.49. The molecule has 0 aromatic heterocycles. The molecule has 1 N–H and O–H groups in total. The standard InChI is InChI=1S/C22H26FNO2/c1-15-6-5-7-16(21(15)26-2)14-24-17-10-11-18(24)13-22(25,12-17)19-8-3-4-9-20(19)23/h3-9,17-18,25H,10-14H2,1-2H3/t17-,18-/m0/s1. The van der Waals surface area contributed by atoms with Gasteiger partial charge in [-0.3, -0.25) is 4.90 Å². The molecular formula is C22H26FNO2. The molecule has 26 heavy (non-hydrogen) atoms. The van der Waals surface area contributed by atoms with E-state index in [1.807, 2.05) is 6.07 Å². The minimum Gasteiger partial charge on any atom is -0.496 e. The summed E-state index contributed by atoms with van der Waals surface area (Å²) in [6.45, 7) is 2.87. The highest BCUT2D eigenvalue weighted by Crippen LogP contribution is 2.47. The first-order valence-electron chi connectivity index (χ1n) is 9.37. The van der Waals surface area contributed by atoms with Gasteiger partial charge in [-0.15, -0.1) is 0 Å². The van der Waals surface area contributed by atoms with E-state index in [0.29, 0.717) is 18.4 Å². The second-order valence-electron chi connectivity index (χ2n) is 7.74. The molecule has 4 heteroatoms. The van der Waals surface area contributed by atoms with Gasteiger partial charge in [-0.05, 0) is 44.2 Å². The van der Waals surface area contributed by atoms with Crippen LogP contribution in [0.3, 0.4) is 0 Å². The van der Waals surface area contributed by atoms with Crippen molar-refractivity contribution in [3.63, 3.8) is 0 Å². The number of aryl methyl sites for hydroxylation is 1. The van der Waals surface area contributed by atoms with Gasteiger partial charge in [0.2, 0.25) is 0 Å². The van der Waals surface area contributed by atoms with Crippen molar-refractivity contribution in [1.82, 2.24) is 4.90 Å². The summed E-state index contributed by atoms with van der Waals surface area (Å²) >= 11 is 0. The molecule has 2 aliphatic rings. The van der Waals surface area contributed by atoms with Gasteiger partial charge in [0, 0.05) is 29.8 Å². The van der Waals surface area contributed by atoms with Crippen molar-refractivity contribution in [2.45, 2.75) is 56.8 Å². The molecule has 2 bridgehead atoms. The maximum absolute atomic E-state index is 14.3. The molecule has 2 fully saturated rings. The van der Waals surface area contributed by atoms with Crippen LogP contribution >= 0.6 is 0 Å². The third-order valence-corrected chi connectivity index (χ3v) is 6.14. The summed E-state index contributed by atoms with van der Waals surface area (Å²) in [5.41, 5.74) is 1.70. The molecule has 138 valence electrons. The summed E-state index contributed by atoms with van der Waals surface area (Å²) in [5, 5.41) is 11.2. The number of benzene rings is 2. The lowest BCUT2D eigenvalue weighted by Gasteiger charge is -2.44. The van der Waals surface area contributed by atoms with E-state index in [4.69, 9.17) is 4.74 Å². The summed E-state index contributed by atoms with van der Waals surface area (Å²) in [7, 11) is 1.72. The van der Waals surface area contributed by atoms with Gasteiger partial charge in [0.25, 0.3) is 0 Å². The highest BCUT2D eigenvalue weighted by atomic mass is 19.1. The first-order chi connectivity index (χ1) is 12.5. The number of fused-ring (bicyclic) bond motifs is 2. The molecular weight excluding hydrogens is 329 g/mol. The van der Waals surface area contributed by atoms with E-state index in [2.05, 4.69) is 30.0 Å². The van der Waals surface area contributed by atoms with Crippen LogP contribution in [0.2, 0.25) is 0 Å². The number of nitrogens with zero attached hydrogens (tertiary/aromatic N) is 1. The van der Waals surface area contributed by atoms with Gasteiger partial charge in [0.1, 0.15) is 11.6 Å². The molecule has 2 aromatic carbocycles. The van der Waals surface area contributed by atoms with Crippen LogP contribution in [0.25, 0.3) is 0 Å². The van der Waals surface area contributed by atoms with Crippen molar-refractivity contribution in [2.75, 3.05) is 7.11 Å². The number of aliphatic hydroxyl groups is 1. The van der Waals surface area contributed by atoms with Gasteiger partial charge >= 0.3 is 0 Å². The number of halogens is 1. The predicted octanol–water partition coefficient (Wildman–Crippen LogP) is 4.16. The molecule has 3 nitrogen and oxygen atoms in total. The fourth-order valence-electron chi connectivity index (χ4n) is 4.96. The van der Waals surface area contributed by atoms with Crippen molar-refractivity contribution in [1.29, 1.82) is 0 Å². The molecule has 0 amide bonds. The van der Waals surface area contributed by atoms with Crippen molar-refractivity contribution in [2.24, 2.45) is 0 Å². The summed E-state index contributed by atoms with van der Waals surface area (Å²) in [6, 6.07) is 13.4. The van der Waals surface area contributed by atoms with Gasteiger partial charge in [-0.2, -0.15) is 0 Å². The molecule has 0 saturated carbocycles. The fourth-order valence-corrected chi connectivity index (χ4v) is 4.96. The van der Waals surface area contributed by atoms with Crippen LogP contribution in [-0.2, 0) is 12.1 Å². The van der Waals surface area contributed by atoms with E-state index in [-0.39, 0.29) is 17.9 Å². The topological polar surface area (TPSA) is 32.7 Å². The summed E-state index contributed by atoms with van der Waals surface area (Å²) < 4.78 is 19.9. The lowest BCUT2D eigenvalue weighted by atomic mass is 9.80. The van der Waals surface area contributed by atoms with Crippen molar-refractivity contribution >= 4 is 0 Å². The number of rotatable bonds is 4. The smallest absolute Gasteiger partial charge is 0.129 e. The van der Waals surface area contributed by atoms with Crippen LogP contribution in [0.1, 0.15) is 42.4 Å². The largest absolute Gasteiger partial charge is 0.496 e. The van der Waals surface area contributed by atoms with Crippen molar-refractivity contribution < 1.29 is 14.2 Å². The second kappa shape index (κ2) is 6.67. The van der Waals surface area contributed by atoms with E-state index < -0.39 is 5.60 Å². The van der Waals surface area contributed by atoms with Crippen LogP contribution in [0.4, 0.5) is 4.39 Å². The first kappa shape index (κ1) is 17.5. The quantitative estimate of drug-likeness (QED) is 0.894. The monoisotopic (exact) mass is 355 g/mol. The number of methoxy groups -OCH3 is 1. The maximum Gasteiger partial charge on any atom is 0.129 e. The van der Waals surface area contributed by atoms with Crippen LogP contribution in [0.5, 0.6) is 5.75 Å². The molecule has 0 spiro atoms. The van der Waals surface area contributed by atoms with E-state index >= 15 is 0 Å². The SMILES string of the molecule is COc1c(C)cccc1CN1[C@H]2CC[C@H]1CC(O)(c1ccccc1F)C2. The summed E-state index contributed by atoms with van der Waals surface area (Å²) in [6.07, 6.45) is 3.27. The van der Waals surface area contributed by atoms with Gasteiger partial charge in [0.05, 0.1) is 12.7 Å². The molecule has 0 radical (unpaired) electrons. The third kappa shape index (κ3) is 2.91. The van der Waals surface area contributed by atoms with Crippen LogP contribution in [0, 0.1) is 12.7 Å². The zero-order valence-electron chi connectivity index (χ0n) is 15.4. The minimum absolute atomic E-state index is 0.267. The summed E-state index contributed by atoms with van der Waals surface area (Å²) in [5.74, 6) is 0.644. The lowest BCUT2D eigenvalue weighted by molar-refractivity contribution is -0.0616. The van der Waals surface area contributed by atoms with E-state index in [0.717, 1.165) is 30.7 Å². The van der Waals surface area contributed by atoms with Gasteiger partial charge in [-0.1, -0.05) is 36.4 Å². The van der Waals surface area contributed by atoms with Gasteiger partial charge in [0.15, 0.2) is 0 Å². The second-order valence-corrected chi connectivity index (χ2v) is 7.74. The van der Waals surface area contributed by atoms with E-state index in [1.54, 1.807) is 19.2 Å². The third-order valence-electron chi connectivity index (χ3n) is 6.14. The number of piperidine rings is 1. The Bertz CT molecular complexity index is 792. The molecule has 0 unspecified atom stereocenters. The van der Waals surface area contributed by atoms with Crippen LogP contribution in [-0.4, -0.2) is 29.2 Å². The van der Waals surface area contributed by atoms with E-state index in [1.165, 1.54) is 11.6 Å². The Morgan fingerprint density at radius 2 is 1.81 bits per heavy atom. The molecule has 4 rings (SSSR count). The zero-order chi connectivity index (χ0) is 18.3. The average Bonchev–Trinajstić information content (AvgIpc) is 2.86. The Morgan fingerprint density at radius 3 is 2.46 bits per heavy atom. The fraction of sp³-hybridized carbons (Fsp3) is 0.455. The molecule has 0 aliphatic carbocycles. The number of hydrogen-bond donors (Lipinski definition) is 1. The Kier molecular flexibility index (Phi) is 4.49. The van der Waals surface area contributed by atoms with Gasteiger partial charge in [-0.25, -0.2) is 4.39 Å². The van der Waals surface area contributed by atoms with E-state index in [9.17, 15) is 9.50 Å². The number of para-hydroxylation sites is 1. The molecule has 2 aromatic rings. The molecule has 2 aliphatic heterocycles. The van der Waals surface area contributed by atoms with Crippen LogP contribution < -0.4 is 4.74 Å². The highest BCUT2D eigenvalue weighted by Gasteiger charge is 2.49. The zero-order valence-corrected chi connectivity index (χ0v) is 15.4.